The van der Waals surface area contributed by atoms with Crippen molar-refractivity contribution in [3.05, 3.63) is 41.7 Å². The van der Waals surface area contributed by atoms with Gasteiger partial charge in [-0.3, -0.25) is 14.5 Å². The average Bonchev–Trinajstić information content (AvgIpc) is 3.10. The molecule has 0 saturated heterocycles. The number of aromatic nitrogens is 2. The van der Waals surface area contributed by atoms with Crippen LogP contribution in [0.5, 0.6) is 0 Å². The molecule has 0 unspecified atom stereocenters. The Labute approximate surface area is 172 Å². The maximum atomic E-state index is 13.2. The Morgan fingerprint density at radius 2 is 1.86 bits per heavy atom. The molecule has 1 aliphatic rings. The summed E-state index contributed by atoms with van der Waals surface area (Å²) in [6, 6.07) is 9.27. The first kappa shape index (κ1) is 21.0. The molecule has 0 fully saturated rings. The Bertz CT molecular complexity index is 883. The first-order chi connectivity index (χ1) is 13.8. The van der Waals surface area contributed by atoms with Crippen molar-refractivity contribution in [2.75, 3.05) is 20.1 Å². The first-order valence-corrected chi connectivity index (χ1v) is 10.2. The molecule has 156 valence electrons. The molecule has 0 bridgehead atoms. The van der Waals surface area contributed by atoms with Crippen molar-refractivity contribution in [3.8, 4) is 11.4 Å². The molecule has 0 radical (unpaired) electrons. The minimum absolute atomic E-state index is 0.211. The number of likely N-dealkylation sites (N-methyl/N-ethyl adjacent to an activating group) is 2. The normalized spacial score (nSPS) is 15.5. The summed E-state index contributed by atoms with van der Waals surface area (Å²) in [5.74, 6) is 0.281. The van der Waals surface area contributed by atoms with Gasteiger partial charge in [-0.05, 0) is 12.0 Å². The summed E-state index contributed by atoms with van der Waals surface area (Å²) in [5.41, 5.74) is 1.86. The lowest BCUT2D eigenvalue weighted by atomic mass is 9.86. The zero-order chi connectivity index (χ0) is 21.2. The quantitative estimate of drug-likeness (QED) is 0.811. The molecule has 1 aromatic heterocycles. The molecule has 3 rings (SSSR count). The van der Waals surface area contributed by atoms with Crippen LogP contribution in [0.1, 0.15) is 43.9 Å². The van der Waals surface area contributed by atoms with Crippen molar-refractivity contribution in [2.45, 2.75) is 46.8 Å². The highest BCUT2D eigenvalue weighted by Crippen LogP contribution is 2.27. The lowest BCUT2D eigenvalue weighted by Gasteiger charge is -2.30. The van der Waals surface area contributed by atoms with Gasteiger partial charge in [-0.1, -0.05) is 58.0 Å². The third kappa shape index (κ3) is 4.34. The minimum atomic E-state index is -0.650. The van der Waals surface area contributed by atoms with E-state index < -0.39 is 11.5 Å². The van der Waals surface area contributed by atoms with E-state index in [4.69, 9.17) is 4.98 Å². The molecule has 7 nitrogen and oxygen atoms in total. The number of nitrogens with one attached hydrogen (secondary N) is 2. The van der Waals surface area contributed by atoms with Crippen LogP contribution in [0.25, 0.3) is 11.4 Å². The number of imidazole rings is 1. The van der Waals surface area contributed by atoms with E-state index >= 15 is 0 Å². The van der Waals surface area contributed by atoms with E-state index in [-0.39, 0.29) is 11.8 Å². The van der Waals surface area contributed by atoms with Crippen LogP contribution in [0.2, 0.25) is 0 Å². The molecule has 2 aromatic rings. The van der Waals surface area contributed by atoms with E-state index in [1.165, 1.54) is 0 Å². The fourth-order valence-corrected chi connectivity index (χ4v) is 3.70. The summed E-state index contributed by atoms with van der Waals surface area (Å²) in [6.45, 7) is 11.2. The molecule has 1 atom stereocenters. The first-order valence-electron chi connectivity index (χ1n) is 10.2. The second kappa shape index (κ2) is 8.37. The maximum absolute atomic E-state index is 13.2. The Balaban J connectivity index is 2.01. The summed E-state index contributed by atoms with van der Waals surface area (Å²) in [7, 11) is 1.58. The van der Waals surface area contributed by atoms with Gasteiger partial charge in [0.15, 0.2) is 5.69 Å². The van der Waals surface area contributed by atoms with Crippen molar-refractivity contribution >= 4 is 11.8 Å². The van der Waals surface area contributed by atoms with E-state index in [2.05, 4.69) is 27.0 Å². The largest absolute Gasteiger partial charge is 0.357 e. The van der Waals surface area contributed by atoms with Crippen molar-refractivity contribution < 1.29 is 9.59 Å². The van der Waals surface area contributed by atoms with Crippen LogP contribution in [0.15, 0.2) is 30.3 Å². The van der Waals surface area contributed by atoms with E-state index in [0.717, 1.165) is 36.7 Å². The van der Waals surface area contributed by atoms with Crippen LogP contribution in [0.4, 0.5) is 0 Å². The lowest BCUT2D eigenvalue weighted by Crippen LogP contribution is -2.53. The number of fused-ring (bicyclic) bond motifs is 1. The van der Waals surface area contributed by atoms with Crippen LogP contribution >= 0.6 is 0 Å². The molecule has 0 spiro atoms. The van der Waals surface area contributed by atoms with Crippen LogP contribution in [0, 0.1) is 5.41 Å². The molecule has 7 heteroatoms. The summed E-state index contributed by atoms with van der Waals surface area (Å²) in [5, 5.41) is 5.58. The molecule has 0 saturated carbocycles. The van der Waals surface area contributed by atoms with E-state index in [1.807, 2.05) is 51.1 Å². The van der Waals surface area contributed by atoms with E-state index in [9.17, 15) is 9.59 Å². The van der Waals surface area contributed by atoms with Gasteiger partial charge in [-0.15, -0.1) is 0 Å². The summed E-state index contributed by atoms with van der Waals surface area (Å²) in [6.07, 6.45) is 0. The fraction of sp³-hybridized carbons (Fsp3) is 0.500. The molecule has 1 aliphatic heterocycles. The third-order valence-corrected chi connectivity index (χ3v) is 5.43. The molecular formula is C22H31N5O2. The topological polar surface area (TPSA) is 79.3 Å². The van der Waals surface area contributed by atoms with Crippen molar-refractivity contribution in [1.29, 1.82) is 0 Å². The Morgan fingerprint density at radius 1 is 1.17 bits per heavy atom. The summed E-state index contributed by atoms with van der Waals surface area (Å²) < 4.78 is 2.14. The second-order valence-corrected chi connectivity index (χ2v) is 8.50. The number of rotatable bonds is 5. The van der Waals surface area contributed by atoms with Crippen molar-refractivity contribution in [3.63, 3.8) is 0 Å². The summed E-state index contributed by atoms with van der Waals surface area (Å²) in [4.78, 5) is 32.7. The maximum Gasteiger partial charge on any atom is 0.272 e. The number of hydrogen-bond donors (Lipinski definition) is 2. The molecular weight excluding hydrogens is 366 g/mol. The van der Waals surface area contributed by atoms with Gasteiger partial charge < -0.3 is 15.2 Å². The fourth-order valence-electron chi connectivity index (χ4n) is 3.70. The van der Waals surface area contributed by atoms with Crippen molar-refractivity contribution in [2.24, 2.45) is 5.41 Å². The van der Waals surface area contributed by atoms with Crippen molar-refractivity contribution in [1.82, 2.24) is 25.1 Å². The Morgan fingerprint density at radius 3 is 2.45 bits per heavy atom. The number of carbonyl (C=O) groups excluding carboxylic acids is 2. The van der Waals surface area contributed by atoms with Gasteiger partial charge in [-0.25, -0.2) is 4.98 Å². The SMILES string of the molecule is CCN1CCn2c(-c3ccccc3)nc(C(=O)N[C@H](C(=O)NC)C(C)(C)C)c2C1. The average molecular weight is 398 g/mol. The summed E-state index contributed by atoms with van der Waals surface area (Å²) >= 11 is 0. The highest BCUT2D eigenvalue weighted by atomic mass is 16.2. The minimum Gasteiger partial charge on any atom is -0.357 e. The number of benzene rings is 1. The number of nitrogens with zero attached hydrogens (tertiary/aromatic N) is 3. The zero-order valence-electron chi connectivity index (χ0n) is 18.0. The smallest absolute Gasteiger partial charge is 0.272 e. The van der Waals surface area contributed by atoms with Gasteiger partial charge >= 0.3 is 0 Å². The highest BCUT2D eigenvalue weighted by molar-refractivity contribution is 5.97. The Kier molecular flexibility index (Phi) is 6.07. The van der Waals surface area contributed by atoms with Crippen LogP contribution < -0.4 is 10.6 Å². The number of amides is 2. The van der Waals surface area contributed by atoms with Crippen LogP contribution in [-0.2, 0) is 17.9 Å². The third-order valence-electron chi connectivity index (χ3n) is 5.43. The predicted molar refractivity (Wildman–Crippen MR) is 113 cm³/mol. The van der Waals surface area contributed by atoms with Gasteiger partial charge in [-0.2, -0.15) is 0 Å². The zero-order valence-corrected chi connectivity index (χ0v) is 18.0. The molecule has 2 heterocycles. The molecule has 2 N–H and O–H groups in total. The highest BCUT2D eigenvalue weighted by Gasteiger charge is 2.35. The molecule has 2 amide bonds. The van der Waals surface area contributed by atoms with E-state index in [0.29, 0.717) is 12.2 Å². The van der Waals surface area contributed by atoms with Crippen LogP contribution in [-0.4, -0.2) is 52.4 Å². The molecule has 1 aromatic carbocycles. The standard InChI is InChI=1S/C22H31N5O2/c1-6-26-12-13-27-16(14-26)17(24-19(27)15-10-8-7-9-11-15)20(28)25-18(21(29)23-5)22(2,3)4/h7-11,18H,6,12-14H2,1-5H3,(H,23,29)(H,25,28)/t18-/m1/s1. The second-order valence-electron chi connectivity index (χ2n) is 8.50. The number of carbonyl (C=O) groups is 2. The van der Waals surface area contributed by atoms with Crippen LogP contribution in [0.3, 0.4) is 0 Å². The molecule has 29 heavy (non-hydrogen) atoms. The monoisotopic (exact) mass is 397 g/mol. The van der Waals surface area contributed by atoms with E-state index in [1.54, 1.807) is 7.05 Å². The lowest BCUT2D eigenvalue weighted by molar-refractivity contribution is -0.124. The number of hydrogen-bond acceptors (Lipinski definition) is 4. The van der Waals surface area contributed by atoms with Gasteiger partial charge in [0.05, 0.1) is 5.69 Å². The van der Waals surface area contributed by atoms with Gasteiger partial charge in [0, 0.05) is 32.2 Å². The predicted octanol–water partition coefficient (Wildman–Crippen LogP) is 2.28. The van der Waals surface area contributed by atoms with Gasteiger partial charge in [0.1, 0.15) is 11.9 Å². The van der Waals surface area contributed by atoms with Gasteiger partial charge in [0.25, 0.3) is 5.91 Å². The molecule has 0 aliphatic carbocycles. The van der Waals surface area contributed by atoms with Gasteiger partial charge in [0.2, 0.25) is 5.91 Å². The Hall–Kier alpha value is -2.67.